The van der Waals surface area contributed by atoms with Gasteiger partial charge in [-0.3, -0.25) is 4.98 Å². The van der Waals surface area contributed by atoms with Gasteiger partial charge in [-0.05, 0) is 6.07 Å². The third kappa shape index (κ3) is 3.51. The molecule has 0 aliphatic carbocycles. The average molecular weight is 262 g/mol. The minimum Gasteiger partial charge on any atom is -0.494 e. The second kappa shape index (κ2) is 6.29. The number of nitrogens with zero attached hydrogens (tertiary/aromatic N) is 3. The number of rotatable bonds is 6. The van der Waals surface area contributed by atoms with E-state index in [-0.39, 0.29) is 0 Å². The van der Waals surface area contributed by atoms with Crippen molar-refractivity contribution < 1.29 is 9.15 Å². The van der Waals surface area contributed by atoms with Crippen LogP contribution in [0, 0.1) is 0 Å². The van der Waals surface area contributed by atoms with Crippen LogP contribution in [0.1, 0.15) is 19.7 Å². The van der Waals surface area contributed by atoms with Gasteiger partial charge in [0.2, 0.25) is 5.89 Å². The highest BCUT2D eigenvalue weighted by Crippen LogP contribution is 2.27. The fraction of sp³-hybridized carbons (Fsp3) is 0.462. The van der Waals surface area contributed by atoms with Crippen molar-refractivity contribution in [3.63, 3.8) is 0 Å². The molecule has 2 rings (SSSR count). The monoisotopic (exact) mass is 262 g/mol. The lowest BCUT2D eigenvalue weighted by atomic mass is 10.2. The summed E-state index contributed by atoms with van der Waals surface area (Å²) in [6.45, 7) is 5.01. The molecule has 6 heteroatoms. The number of pyridine rings is 1. The molecule has 0 amide bonds. The summed E-state index contributed by atoms with van der Waals surface area (Å²) in [4.78, 5) is 3.99. The minimum absolute atomic E-state index is 0.447. The molecule has 0 fully saturated rings. The molecule has 0 radical (unpaired) electrons. The zero-order chi connectivity index (χ0) is 13.7. The molecule has 0 aliphatic heterocycles. The van der Waals surface area contributed by atoms with Crippen LogP contribution in [-0.4, -0.2) is 34.9 Å². The third-order valence-corrected chi connectivity index (χ3v) is 2.59. The van der Waals surface area contributed by atoms with Gasteiger partial charge in [0.1, 0.15) is 5.75 Å². The Labute approximate surface area is 112 Å². The van der Waals surface area contributed by atoms with Gasteiger partial charge in [-0.1, -0.05) is 13.8 Å². The summed E-state index contributed by atoms with van der Waals surface area (Å²) in [5, 5.41) is 11.4. The Hall–Kier alpha value is -1.95. The van der Waals surface area contributed by atoms with E-state index in [1.54, 1.807) is 25.6 Å². The number of hydrogen-bond donors (Lipinski definition) is 1. The normalized spacial score (nSPS) is 10.9. The molecular formula is C13H18N4O2. The smallest absolute Gasteiger partial charge is 0.251 e. The molecule has 6 nitrogen and oxygen atoms in total. The minimum atomic E-state index is 0.447. The number of nitrogens with one attached hydrogen (secondary N) is 1. The van der Waals surface area contributed by atoms with Gasteiger partial charge in [0.05, 0.1) is 18.9 Å². The van der Waals surface area contributed by atoms with Crippen LogP contribution in [0.15, 0.2) is 22.9 Å². The lowest BCUT2D eigenvalue weighted by Gasteiger charge is -2.05. The highest BCUT2D eigenvalue weighted by atomic mass is 16.5. The zero-order valence-corrected chi connectivity index (χ0v) is 11.4. The number of aromatic nitrogens is 3. The third-order valence-electron chi connectivity index (χ3n) is 2.59. The fourth-order valence-corrected chi connectivity index (χ4v) is 1.65. The second-order valence-electron chi connectivity index (χ2n) is 4.44. The van der Waals surface area contributed by atoms with E-state index in [9.17, 15) is 0 Å². The number of ether oxygens (including phenoxy) is 1. The summed E-state index contributed by atoms with van der Waals surface area (Å²) in [5.74, 6) is 1.69. The molecule has 2 aromatic rings. The number of hydrogen-bond acceptors (Lipinski definition) is 6. The Balaban J connectivity index is 2.08. The van der Waals surface area contributed by atoms with Crippen molar-refractivity contribution in [2.75, 3.05) is 13.7 Å². The largest absolute Gasteiger partial charge is 0.494 e. The van der Waals surface area contributed by atoms with Crippen LogP contribution in [0.5, 0.6) is 5.75 Å². The zero-order valence-electron chi connectivity index (χ0n) is 11.4. The summed E-state index contributed by atoms with van der Waals surface area (Å²) < 4.78 is 10.8. The molecule has 0 aromatic carbocycles. The Morgan fingerprint density at radius 2 is 2.21 bits per heavy atom. The lowest BCUT2D eigenvalue weighted by molar-refractivity contribution is 0.411. The first-order chi connectivity index (χ1) is 9.20. The van der Waals surface area contributed by atoms with Gasteiger partial charge in [0.25, 0.3) is 5.89 Å². The van der Waals surface area contributed by atoms with Gasteiger partial charge in [0.15, 0.2) is 0 Å². The molecule has 102 valence electrons. The lowest BCUT2D eigenvalue weighted by Crippen LogP contribution is -2.25. The van der Waals surface area contributed by atoms with Crippen molar-refractivity contribution in [2.24, 2.45) is 0 Å². The molecule has 0 saturated carbocycles. The molecule has 0 unspecified atom stereocenters. The van der Waals surface area contributed by atoms with Gasteiger partial charge in [-0.25, -0.2) is 0 Å². The first kappa shape index (κ1) is 13.5. The second-order valence-corrected chi connectivity index (χ2v) is 4.44. The molecule has 0 bridgehead atoms. The van der Waals surface area contributed by atoms with Crippen LogP contribution in [0.3, 0.4) is 0 Å². The van der Waals surface area contributed by atoms with E-state index in [1.807, 2.05) is 0 Å². The van der Waals surface area contributed by atoms with E-state index in [0.717, 1.165) is 12.1 Å². The van der Waals surface area contributed by atoms with Gasteiger partial charge >= 0.3 is 0 Å². The summed E-state index contributed by atoms with van der Waals surface area (Å²) in [6.07, 6.45) is 4.00. The quantitative estimate of drug-likeness (QED) is 0.854. The van der Waals surface area contributed by atoms with Crippen molar-refractivity contribution in [2.45, 2.75) is 26.3 Å². The van der Waals surface area contributed by atoms with Crippen molar-refractivity contribution in [1.82, 2.24) is 20.5 Å². The molecule has 0 aliphatic rings. The predicted molar refractivity (Wildman–Crippen MR) is 70.9 cm³/mol. The van der Waals surface area contributed by atoms with Gasteiger partial charge in [-0.2, -0.15) is 0 Å². The van der Waals surface area contributed by atoms with Crippen LogP contribution >= 0.6 is 0 Å². The molecular weight excluding hydrogens is 244 g/mol. The first-order valence-electron chi connectivity index (χ1n) is 6.25. The van der Waals surface area contributed by atoms with E-state index in [0.29, 0.717) is 30.0 Å². The van der Waals surface area contributed by atoms with Crippen molar-refractivity contribution in [1.29, 1.82) is 0 Å². The van der Waals surface area contributed by atoms with Gasteiger partial charge in [-0.15, -0.1) is 10.2 Å². The topological polar surface area (TPSA) is 73.1 Å². The molecule has 0 saturated heterocycles. The maximum atomic E-state index is 5.62. The van der Waals surface area contributed by atoms with Crippen LogP contribution in [0.4, 0.5) is 0 Å². The molecule has 0 atom stereocenters. The Morgan fingerprint density at radius 1 is 1.37 bits per heavy atom. The Bertz CT molecular complexity index is 525. The fourth-order valence-electron chi connectivity index (χ4n) is 1.65. The average Bonchev–Trinajstić information content (AvgIpc) is 2.87. The molecule has 0 spiro atoms. The van der Waals surface area contributed by atoms with Crippen LogP contribution in [-0.2, 0) is 6.42 Å². The molecule has 1 N–H and O–H groups in total. The summed E-state index contributed by atoms with van der Waals surface area (Å²) in [7, 11) is 1.59. The molecule has 2 aromatic heterocycles. The standard InChI is InChI=1S/C13H18N4O2/c1-9(2)15-7-5-12-16-17-13(19-12)10-4-6-14-8-11(10)18-3/h4,6,8-9,15H,5,7H2,1-3H3. The van der Waals surface area contributed by atoms with E-state index < -0.39 is 0 Å². The van der Waals surface area contributed by atoms with Crippen molar-refractivity contribution >= 4 is 0 Å². The molecule has 19 heavy (non-hydrogen) atoms. The maximum Gasteiger partial charge on any atom is 0.251 e. The predicted octanol–water partition coefficient (Wildman–Crippen LogP) is 1.68. The van der Waals surface area contributed by atoms with E-state index in [1.165, 1.54) is 0 Å². The Kier molecular flexibility index (Phi) is 4.46. The highest BCUT2D eigenvalue weighted by Gasteiger charge is 2.13. The highest BCUT2D eigenvalue weighted by molar-refractivity contribution is 5.60. The van der Waals surface area contributed by atoms with E-state index >= 15 is 0 Å². The van der Waals surface area contributed by atoms with Crippen LogP contribution < -0.4 is 10.1 Å². The summed E-state index contributed by atoms with van der Waals surface area (Å²) in [5.41, 5.74) is 0.757. The summed E-state index contributed by atoms with van der Waals surface area (Å²) >= 11 is 0. The van der Waals surface area contributed by atoms with E-state index in [4.69, 9.17) is 9.15 Å². The maximum absolute atomic E-state index is 5.62. The van der Waals surface area contributed by atoms with Crippen molar-refractivity contribution in [3.8, 4) is 17.2 Å². The van der Waals surface area contributed by atoms with Gasteiger partial charge < -0.3 is 14.5 Å². The van der Waals surface area contributed by atoms with Crippen LogP contribution in [0.25, 0.3) is 11.5 Å². The van der Waals surface area contributed by atoms with Gasteiger partial charge in [0, 0.05) is 25.2 Å². The van der Waals surface area contributed by atoms with E-state index in [2.05, 4.69) is 34.3 Å². The van der Waals surface area contributed by atoms with Crippen molar-refractivity contribution in [3.05, 3.63) is 24.4 Å². The number of methoxy groups -OCH3 is 1. The molecule has 2 heterocycles. The first-order valence-corrected chi connectivity index (χ1v) is 6.25. The SMILES string of the molecule is COc1cnccc1-c1nnc(CCNC(C)C)o1. The van der Waals surface area contributed by atoms with Crippen LogP contribution in [0.2, 0.25) is 0 Å². The Morgan fingerprint density at radius 3 is 2.95 bits per heavy atom. The summed E-state index contributed by atoms with van der Waals surface area (Å²) in [6, 6.07) is 2.24.